The van der Waals surface area contributed by atoms with Crippen LogP contribution in [0.15, 0.2) is 0 Å². The van der Waals surface area contributed by atoms with Crippen LogP contribution in [0.25, 0.3) is 0 Å². The Hall–Kier alpha value is 1.85. The molecule has 1 rings (SSSR count). The van der Waals surface area contributed by atoms with Gasteiger partial charge in [-0.25, -0.2) is 0 Å². The van der Waals surface area contributed by atoms with Gasteiger partial charge < -0.3 is 4.89 Å². The van der Waals surface area contributed by atoms with E-state index in [1.807, 2.05) is 0 Å². The number of halogens is 2. The Morgan fingerprint density at radius 3 is 1.24 bits per heavy atom. The Balaban J connectivity index is 0. The molecule has 0 fully saturated rings. The Morgan fingerprint density at radius 1 is 1.00 bits per heavy atom. The first kappa shape index (κ1) is 21.2. The zero-order chi connectivity index (χ0) is 14.2. The van der Waals surface area contributed by atoms with Gasteiger partial charge in [-0.3, -0.25) is 0 Å². The quantitative estimate of drug-likeness (QED) is 0.227. The van der Waals surface area contributed by atoms with Crippen molar-refractivity contribution in [3.8, 4) is 0 Å². The molecule has 0 saturated heterocycles. The van der Waals surface area contributed by atoms with Crippen LogP contribution in [0.1, 0.15) is 27.8 Å². The number of hydrogen-bond donors (Lipinski definition) is 1. The number of rotatable bonds is 0. The van der Waals surface area contributed by atoms with E-state index in [1.165, 1.54) is 27.8 Å². The van der Waals surface area contributed by atoms with Crippen molar-refractivity contribution in [2.45, 2.75) is 34.6 Å². The molecular weight excluding hydrogens is 637 g/mol. The Kier molecular flexibility index (Phi) is 14.5. The summed E-state index contributed by atoms with van der Waals surface area (Å²) < 4.78 is 0. The molecule has 1 N–H and O–H groups in total. The summed E-state index contributed by atoms with van der Waals surface area (Å²) in [5.41, 5.74) is 7.34. The predicted octanol–water partition coefficient (Wildman–Crippen LogP) is 5.35. The van der Waals surface area contributed by atoms with E-state index >= 15 is 0 Å². The van der Waals surface area contributed by atoms with E-state index in [1.54, 1.807) is 13.3 Å². The molecule has 0 saturated carbocycles. The standard InChI is InChI=1S/C10H15.C2H7OP.2HI.Ir/c1-6-7(2)9(4)10(5)8(6)3;1-4(2)3;;;/h1-5H3;3H,1-2H3;2*1H;/q-1;;;;+3/p-2. The van der Waals surface area contributed by atoms with Gasteiger partial charge in [0.25, 0.3) is 0 Å². The SMILES string of the molecule is CP(C)O.Cc1c(C)c(C)[c-](C)c1C.[I][Ir+][I]. The molecule has 104 valence electrons. The molecule has 5 heteroatoms. The summed E-state index contributed by atoms with van der Waals surface area (Å²) in [5.74, 6) is 0. The zero-order valence-electron chi connectivity index (χ0n) is 11.5. The van der Waals surface area contributed by atoms with E-state index in [0.717, 1.165) is 0 Å². The Morgan fingerprint density at radius 2 is 1.18 bits per heavy atom. The van der Waals surface area contributed by atoms with Crippen molar-refractivity contribution in [2.75, 3.05) is 13.3 Å². The molecule has 0 radical (unpaired) electrons. The van der Waals surface area contributed by atoms with Crippen LogP contribution < -0.4 is 0 Å². The average molecular weight is 659 g/mol. The molecule has 17 heavy (non-hydrogen) atoms. The van der Waals surface area contributed by atoms with Gasteiger partial charge in [0, 0.05) is 8.15 Å². The van der Waals surface area contributed by atoms with E-state index in [0.29, 0.717) is 10.5 Å². The molecule has 0 unspecified atom stereocenters. The van der Waals surface area contributed by atoms with Gasteiger partial charge in [-0.2, -0.15) is 27.8 Å². The maximum absolute atomic E-state index is 8.12. The molecule has 0 heterocycles. The van der Waals surface area contributed by atoms with Crippen LogP contribution >= 0.6 is 47.3 Å². The second-order valence-corrected chi connectivity index (χ2v) is 23.2. The summed E-state index contributed by atoms with van der Waals surface area (Å²) in [6, 6.07) is 0. The van der Waals surface area contributed by atoms with E-state index in [4.69, 9.17) is 4.89 Å². The van der Waals surface area contributed by atoms with Crippen LogP contribution in [0.2, 0.25) is 0 Å². The molecule has 0 spiro atoms. The second-order valence-electron chi connectivity index (χ2n) is 4.02. The Bertz CT molecular complexity index is 242. The van der Waals surface area contributed by atoms with Crippen LogP contribution in [0, 0.1) is 34.6 Å². The van der Waals surface area contributed by atoms with Crippen molar-refractivity contribution >= 4 is 47.3 Å². The molecule has 1 aromatic carbocycles. The Labute approximate surface area is 137 Å². The topological polar surface area (TPSA) is 20.2 Å². The molecular formula is C12H22I2IrOP. The van der Waals surface area contributed by atoms with Crippen molar-refractivity contribution in [2.24, 2.45) is 0 Å². The second kappa shape index (κ2) is 11.7. The first-order valence-electron chi connectivity index (χ1n) is 5.10. The molecule has 0 atom stereocenters. The number of hydrogen-bond acceptors (Lipinski definition) is 1. The van der Waals surface area contributed by atoms with Gasteiger partial charge >= 0.3 is 49.7 Å². The van der Waals surface area contributed by atoms with E-state index in [-0.39, 0.29) is 0 Å². The molecule has 0 amide bonds. The summed E-state index contributed by atoms with van der Waals surface area (Å²) in [4.78, 5) is 8.12. The van der Waals surface area contributed by atoms with Gasteiger partial charge in [-0.15, -0.1) is 0 Å². The first-order chi connectivity index (χ1) is 7.70. The average Bonchev–Trinajstić information content (AvgIpc) is 2.37. The van der Waals surface area contributed by atoms with Gasteiger partial charge in [0.15, 0.2) is 0 Å². The maximum atomic E-state index is 8.12. The van der Waals surface area contributed by atoms with E-state index in [9.17, 15) is 0 Å². The van der Waals surface area contributed by atoms with Crippen LogP contribution in [0.3, 0.4) is 0 Å². The van der Waals surface area contributed by atoms with Crippen molar-refractivity contribution in [3.63, 3.8) is 0 Å². The molecule has 0 aliphatic carbocycles. The summed E-state index contributed by atoms with van der Waals surface area (Å²) in [6.07, 6.45) is 0. The zero-order valence-corrected chi connectivity index (χ0v) is 19.1. The molecule has 0 aliphatic heterocycles. The van der Waals surface area contributed by atoms with Crippen LogP contribution in [-0.4, -0.2) is 18.2 Å². The van der Waals surface area contributed by atoms with Gasteiger partial charge in [0.2, 0.25) is 0 Å². The minimum atomic E-state index is -0.620. The molecule has 0 aromatic heterocycles. The molecule has 1 nitrogen and oxygen atoms in total. The summed E-state index contributed by atoms with van der Waals surface area (Å²) >= 11 is 4.80. The molecule has 1 aromatic rings. The molecule has 0 aliphatic rings. The third-order valence-corrected chi connectivity index (χ3v) is 2.81. The van der Waals surface area contributed by atoms with Crippen molar-refractivity contribution in [1.29, 1.82) is 0 Å². The van der Waals surface area contributed by atoms with Crippen molar-refractivity contribution in [3.05, 3.63) is 27.8 Å². The van der Waals surface area contributed by atoms with Gasteiger partial charge in [-0.1, -0.05) is 34.6 Å². The van der Waals surface area contributed by atoms with Gasteiger partial charge in [0.05, 0.1) is 0 Å². The summed E-state index contributed by atoms with van der Waals surface area (Å²) in [5, 5.41) is 0. The van der Waals surface area contributed by atoms with Crippen molar-refractivity contribution < 1.29 is 15.4 Å². The fourth-order valence-corrected chi connectivity index (χ4v) is 1.41. The third-order valence-electron chi connectivity index (χ3n) is 2.81. The predicted molar refractivity (Wildman–Crippen MR) is 94.7 cm³/mol. The first-order valence-corrected chi connectivity index (χ1v) is 20.9. The third kappa shape index (κ3) is 9.39. The fraction of sp³-hybridized carbons (Fsp3) is 0.583. The molecule has 0 bridgehead atoms. The normalized spacial score (nSPS) is 9.59. The van der Waals surface area contributed by atoms with E-state index in [2.05, 4.69) is 73.8 Å². The van der Waals surface area contributed by atoms with Crippen LogP contribution in [-0.2, 0) is 10.5 Å². The fourth-order valence-electron chi connectivity index (χ4n) is 1.41. The summed E-state index contributed by atoms with van der Waals surface area (Å²) in [6.45, 7) is 14.6. The van der Waals surface area contributed by atoms with Gasteiger partial charge in [0.1, 0.15) is 0 Å². The van der Waals surface area contributed by atoms with Crippen LogP contribution in [0.5, 0.6) is 0 Å². The van der Waals surface area contributed by atoms with Crippen LogP contribution in [0.4, 0.5) is 0 Å². The minimum absolute atomic E-state index is 0.440. The van der Waals surface area contributed by atoms with E-state index < -0.39 is 8.15 Å². The monoisotopic (exact) mass is 660 g/mol. The van der Waals surface area contributed by atoms with Crippen molar-refractivity contribution in [1.82, 2.24) is 0 Å². The summed E-state index contributed by atoms with van der Waals surface area (Å²) in [7, 11) is -0.180. The van der Waals surface area contributed by atoms with Gasteiger partial charge in [-0.05, 0) is 13.3 Å².